The molecular weight excluding hydrogens is 340 g/mol. The highest BCUT2D eigenvalue weighted by molar-refractivity contribution is 9.09. The van der Waals surface area contributed by atoms with Crippen molar-refractivity contribution in [2.24, 2.45) is 0 Å². The lowest BCUT2D eigenvalue weighted by Crippen LogP contribution is -2.74. The van der Waals surface area contributed by atoms with Crippen molar-refractivity contribution < 1.29 is 23.7 Å². The molecule has 2 aliphatic rings. The molecule has 2 unspecified atom stereocenters. The number of β-lactam (4-membered cyclic amide) rings is 1. The Balaban J connectivity index is 2.37. The number of nitrogens with zero attached hydrogens (tertiary/aromatic N) is 1. The Labute approximate surface area is 120 Å². The Hall–Kier alpha value is -1.06. The molecule has 2 aliphatic heterocycles. The predicted molar refractivity (Wildman–Crippen MR) is 69.5 cm³/mol. The predicted octanol–water partition coefficient (Wildman–Crippen LogP) is -1.15. The van der Waals surface area contributed by atoms with Crippen LogP contribution in [0.2, 0.25) is 0 Å². The molecule has 2 amide bonds. The van der Waals surface area contributed by atoms with E-state index in [9.17, 15) is 18.9 Å². The summed E-state index contributed by atoms with van der Waals surface area (Å²) in [6.07, 6.45) is 0.388. The van der Waals surface area contributed by atoms with Gasteiger partial charge in [-0.1, -0.05) is 15.9 Å². The third-order valence-corrected chi connectivity index (χ3v) is 5.32. The van der Waals surface area contributed by atoms with Crippen molar-refractivity contribution in [1.82, 2.24) is 10.2 Å². The normalized spacial score (nSPS) is 29.5. The Bertz CT molecular complexity index is 469. The van der Waals surface area contributed by atoms with Gasteiger partial charge in [-0.3, -0.25) is 14.5 Å². The van der Waals surface area contributed by atoms with Crippen molar-refractivity contribution >= 4 is 45.4 Å². The highest BCUT2D eigenvalue weighted by atomic mass is 79.9. The quantitative estimate of drug-likeness (QED) is 0.227. The van der Waals surface area contributed by atoms with Gasteiger partial charge < -0.3 is 14.6 Å². The van der Waals surface area contributed by atoms with Crippen LogP contribution in [0.25, 0.3) is 0 Å². The van der Waals surface area contributed by atoms with Crippen molar-refractivity contribution in [3.8, 4) is 0 Å². The van der Waals surface area contributed by atoms with Gasteiger partial charge in [0.05, 0.1) is 7.11 Å². The molecule has 0 aromatic rings. The van der Waals surface area contributed by atoms with Gasteiger partial charge in [-0.05, 0) is 11.2 Å². The molecule has 9 heteroatoms. The van der Waals surface area contributed by atoms with Crippen LogP contribution in [0, 0.1) is 0 Å². The minimum absolute atomic E-state index is 0.123. The van der Waals surface area contributed by atoms with E-state index < -0.39 is 34.5 Å². The molecule has 7 nitrogen and oxygen atoms in total. The van der Waals surface area contributed by atoms with Crippen LogP contribution >= 0.6 is 15.9 Å². The van der Waals surface area contributed by atoms with E-state index in [1.807, 2.05) is 0 Å². The largest absolute Gasteiger partial charge is 0.614 e. The lowest BCUT2D eigenvalue weighted by molar-refractivity contribution is -0.151. The number of hydrogen-bond donors (Lipinski definition) is 1. The molecule has 1 saturated heterocycles. The Morgan fingerprint density at radius 3 is 2.95 bits per heavy atom. The lowest BCUT2D eigenvalue weighted by Gasteiger charge is -2.48. The number of methoxy groups -OCH3 is 1. The number of nitrogens with one attached hydrogen (secondary N) is 1. The van der Waals surface area contributed by atoms with Crippen molar-refractivity contribution in [3.05, 3.63) is 11.3 Å². The fourth-order valence-electron chi connectivity index (χ4n) is 2.13. The molecule has 1 N–H and O–H groups in total. The van der Waals surface area contributed by atoms with Gasteiger partial charge in [-0.25, -0.2) is 4.79 Å². The zero-order chi connectivity index (χ0) is 14.2. The maximum Gasteiger partial charge on any atom is 0.355 e. The number of carbonyl (C=O) groups is 3. The highest BCUT2D eigenvalue weighted by Gasteiger charge is 2.60. The summed E-state index contributed by atoms with van der Waals surface area (Å²) in [7, 11) is 1.22. The van der Waals surface area contributed by atoms with E-state index in [0.717, 1.165) is 4.90 Å². The first-order valence-electron chi connectivity index (χ1n) is 5.33. The number of ether oxygens (including phenoxy) is 1. The maximum absolute atomic E-state index is 12.1. The zero-order valence-corrected chi connectivity index (χ0v) is 12.3. The third-order valence-electron chi connectivity index (χ3n) is 2.99. The van der Waals surface area contributed by atoms with Crippen LogP contribution in [0.1, 0.15) is 0 Å². The topological polar surface area (TPSA) is 98.8 Å². The van der Waals surface area contributed by atoms with E-state index in [0.29, 0.717) is 17.3 Å². The third kappa shape index (κ3) is 2.15. The summed E-state index contributed by atoms with van der Waals surface area (Å²) in [6.45, 7) is 0. The Morgan fingerprint density at radius 1 is 1.74 bits per heavy atom. The van der Waals surface area contributed by atoms with Crippen molar-refractivity contribution in [2.45, 2.75) is 11.4 Å². The first-order valence-corrected chi connectivity index (χ1v) is 7.83. The number of alkyl halides is 1. The monoisotopic (exact) mass is 350 g/mol. The SMILES string of the molecule is COC(=O)C1=C(CBr)C[S+]([O-])[C@@H]2C(NC=O)C(=O)N12. The van der Waals surface area contributed by atoms with Crippen LogP contribution in [-0.4, -0.2) is 57.3 Å². The van der Waals surface area contributed by atoms with E-state index in [1.165, 1.54) is 7.11 Å². The molecule has 2 heterocycles. The second-order valence-electron chi connectivity index (χ2n) is 3.96. The van der Waals surface area contributed by atoms with E-state index in [-0.39, 0.29) is 11.4 Å². The number of esters is 1. The summed E-state index contributed by atoms with van der Waals surface area (Å²) in [4.78, 5) is 35.3. The fraction of sp³-hybridized carbons (Fsp3) is 0.500. The summed E-state index contributed by atoms with van der Waals surface area (Å²) < 4.78 is 16.7. The van der Waals surface area contributed by atoms with Crippen LogP contribution in [0.3, 0.4) is 0 Å². The number of halogens is 1. The average Bonchev–Trinajstić information content (AvgIpc) is 2.42. The van der Waals surface area contributed by atoms with Crippen molar-refractivity contribution in [1.29, 1.82) is 0 Å². The number of fused-ring (bicyclic) bond motifs is 1. The summed E-state index contributed by atoms with van der Waals surface area (Å²) in [5.41, 5.74) is 0.678. The molecule has 0 aromatic carbocycles. The molecule has 0 aliphatic carbocycles. The first-order chi connectivity index (χ1) is 9.06. The fourth-order valence-corrected chi connectivity index (χ4v) is 4.56. The summed E-state index contributed by atoms with van der Waals surface area (Å²) in [5, 5.41) is 1.95. The van der Waals surface area contributed by atoms with Gasteiger partial charge in [0.15, 0.2) is 6.04 Å². The highest BCUT2D eigenvalue weighted by Crippen LogP contribution is 2.37. The van der Waals surface area contributed by atoms with Gasteiger partial charge in [0.25, 0.3) is 5.91 Å². The maximum atomic E-state index is 12.1. The van der Waals surface area contributed by atoms with E-state index in [2.05, 4.69) is 26.0 Å². The van der Waals surface area contributed by atoms with Crippen LogP contribution in [-0.2, 0) is 30.3 Å². The minimum Gasteiger partial charge on any atom is -0.614 e. The van der Waals surface area contributed by atoms with E-state index in [4.69, 9.17) is 0 Å². The molecule has 2 rings (SSSR count). The van der Waals surface area contributed by atoms with Gasteiger partial charge in [0.1, 0.15) is 11.4 Å². The summed E-state index contributed by atoms with van der Waals surface area (Å²) in [5.74, 6) is -0.931. The van der Waals surface area contributed by atoms with Crippen molar-refractivity contribution in [2.75, 3.05) is 18.2 Å². The second-order valence-corrected chi connectivity index (χ2v) is 6.06. The van der Waals surface area contributed by atoms with Crippen LogP contribution in [0.5, 0.6) is 0 Å². The Kier molecular flexibility index (Phi) is 4.16. The number of hydrogen-bond acceptors (Lipinski definition) is 5. The average molecular weight is 351 g/mol. The molecule has 0 aromatic heterocycles. The van der Waals surface area contributed by atoms with Gasteiger partial charge in [0, 0.05) is 10.9 Å². The second kappa shape index (κ2) is 5.51. The zero-order valence-electron chi connectivity index (χ0n) is 9.92. The smallest absolute Gasteiger partial charge is 0.355 e. The molecule has 3 atom stereocenters. The molecule has 0 bridgehead atoms. The van der Waals surface area contributed by atoms with Crippen LogP contribution in [0.4, 0.5) is 0 Å². The van der Waals surface area contributed by atoms with Gasteiger partial charge >= 0.3 is 5.97 Å². The molecular formula is C10H11BrN2O5S. The standard InChI is InChI=1S/C10H11BrN2O5S/c1-18-10(16)7-5(2-11)3-19(17)9-6(12-4-14)8(15)13(7)9/h4,6,9H,2-3H2,1H3,(H,12,14)/t6?,9-,19?/m1/s1. The molecule has 19 heavy (non-hydrogen) atoms. The van der Waals surface area contributed by atoms with Gasteiger partial charge in [-0.15, -0.1) is 0 Å². The van der Waals surface area contributed by atoms with Crippen LogP contribution in [0.15, 0.2) is 11.3 Å². The van der Waals surface area contributed by atoms with Crippen molar-refractivity contribution in [3.63, 3.8) is 0 Å². The van der Waals surface area contributed by atoms with Crippen LogP contribution < -0.4 is 5.32 Å². The molecule has 0 saturated carbocycles. The molecule has 104 valence electrons. The summed E-state index contributed by atoms with van der Waals surface area (Å²) >= 11 is 1.84. The number of carbonyl (C=O) groups excluding carboxylic acids is 3. The summed E-state index contributed by atoms with van der Waals surface area (Å²) in [6, 6.07) is -0.838. The lowest BCUT2D eigenvalue weighted by atomic mass is 10.0. The molecule has 0 spiro atoms. The van der Waals surface area contributed by atoms with Gasteiger partial charge in [-0.2, -0.15) is 0 Å². The first kappa shape index (κ1) is 14.4. The number of amides is 2. The molecule has 1 fully saturated rings. The molecule has 0 radical (unpaired) electrons. The van der Waals surface area contributed by atoms with Gasteiger partial charge in [0.2, 0.25) is 11.8 Å². The van der Waals surface area contributed by atoms with E-state index in [1.54, 1.807) is 0 Å². The minimum atomic E-state index is -1.36. The van der Waals surface area contributed by atoms with E-state index >= 15 is 0 Å². The number of rotatable bonds is 4. The Morgan fingerprint density at radius 2 is 2.42 bits per heavy atom.